The van der Waals surface area contributed by atoms with Gasteiger partial charge in [0, 0.05) is 65.0 Å². The van der Waals surface area contributed by atoms with Crippen LogP contribution in [0.1, 0.15) is 177 Å². The molecule has 2 N–H and O–H groups in total. The Morgan fingerprint density at radius 2 is 0.971 bits per heavy atom. The molecule has 2 amide bonds. The third-order valence-corrected chi connectivity index (χ3v) is 13.7. The van der Waals surface area contributed by atoms with Crippen LogP contribution in [0.25, 0.3) is 0 Å². The monoisotopic (exact) mass is 977 g/mol. The molecule has 376 valence electrons. The Bertz CT molecular complexity index is 1950. The number of benzene rings is 2. The largest absolute Gasteiger partial charge is 0.444 e. The van der Waals surface area contributed by atoms with Gasteiger partial charge in [0.1, 0.15) is 33.8 Å². The summed E-state index contributed by atoms with van der Waals surface area (Å²) in [4.78, 5) is 49.0. The minimum Gasteiger partial charge on any atom is -0.444 e. The Kier molecular flexibility index (Phi) is 24.6. The molecule has 2 atom stereocenters. The van der Waals surface area contributed by atoms with E-state index in [4.69, 9.17) is 9.47 Å². The van der Waals surface area contributed by atoms with Gasteiger partial charge in [-0.15, -0.1) is 20.4 Å². The fraction of sp³-hybridized carbons (Fsp3) is 0.615. The topological polar surface area (TPSA) is 169 Å². The Morgan fingerprint density at radius 1 is 0.603 bits per heavy atom. The van der Waals surface area contributed by atoms with E-state index in [9.17, 15) is 19.2 Å². The van der Waals surface area contributed by atoms with Crippen LogP contribution < -0.4 is 10.6 Å². The molecular formula is C52H80N8O6S2. The summed E-state index contributed by atoms with van der Waals surface area (Å²) in [6.45, 7) is 22.2. The average Bonchev–Trinajstić information content (AvgIpc) is 4.04. The molecule has 2 aliphatic heterocycles. The molecule has 0 radical (unpaired) electrons. The van der Waals surface area contributed by atoms with E-state index in [1.807, 2.05) is 108 Å². The third-order valence-electron chi connectivity index (χ3n) is 11.5. The summed E-state index contributed by atoms with van der Waals surface area (Å²) >= 11 is 3.34. The first-order valence-corrected chi connectivity index (χ1v) is 26.2. The van der Waals surface area contributed by atoms with E-state index in [-0.39, 0.29) is 12.2 Å². The molecule has 3 fully saturated rings. The van der Waals surface area contributed by atoms with Crippen LogP contribution in [-0.2, 0) is 31.9 Å². The molecule has 2 aromatic heterocycles. The lowest BCUT2D eigenvalue weighted by Crippen LogP contribution is -2.41. The molecule has 68 heavy (non-hydrogen) atoms. The quantitative estimate of drug-likeness (QED) is 0.144. The number of ether oxygens (including phenoxy) is 2. The molecule has 1 unspecified atom stereocenters. The number of amides is 2. The number of hydrogen-bond donors (Lipinski definition) is 2. The van der Waals surface area contributed by atoms with Crippen molar-refractivity contribution in [2.24, 2.45) is 0 Å². The summed E-state index contributed by atoms with van der Waals surface area (Å²) in [5.74, 6) is 1.92. The molecular weight excluding hydrogens is 897 g/mol. The Morgan fingerprint density at radius 3 is 1.28 bits per heavy atom. The van der Waals surface area contributed by atoms with Crippen LogP contribution in [0, 0.1) is 0 Å². The van der Waals surface area contributed by atoms with E-state index in [1.54, 1.807) is 32.5 Å². The molecule has 16 heteroatoms. The van der Waals surface area contributed by atoms with Crippen LogP contribution in [0.2, 0.25) is 0 Å². The molecule has 0 bridgehead atoms. The van der Waals surface area contributed by atoms with E-state index in [1.165, 1.54) is 30.4 Å². The Balaban J connectivity index is 0.000000261. The van der Waals surface area contributed by atoms with Gasteiger partial charge in [0.25, 0.3) is 0 Å². The van der Waals surface area contributed by atoms with Crippen molar-refractivity contribution in [3.05, 3.63) is 80.8 Å². The summed E-state index contributed by atoms with van der Waals surface area (Å²) in [5.41, 5.74) is 3.75. The van der Waals surface area contributed by atoms with Crippen LogP contribution in [0.5, 0.6) is 0 Å². The number of carbonyl (C=O) groups excluding carboxylic acids is 4. The molecule has 2 aromatic carbocycles. The summed E-state index contributed by atoms with van der Waals surface area (Å²) in [6, 6.07) is 16.4. The van der Waals surface area contributed by atoms with Crippen LogP contribution in [0.3, 0.4) is 0 Å². The van der Waals surface area contributed by atoms with Crippen molar-refractivity contribution in [1.82, 2.24) is 30.2 Å². The second-order valence-electron chi connectivity index (χ2n) is 18.7. The first-order chi connectivity index (χ1) is 32.6. The number of rotatable bonds is 10. The lowest BCUT2D eigenvalue weighted by atomic mass is 9.82. The number of nitrogens with one attached hydrogen (secondary N) is 2. The fourth-order valence-electron chi connectivity index (χ4n) is 8.22. The summed E-state index contributed by atoms with van der Waals surface area (Å²) < 4.78 is 10.8. The van der Waals surface area contributed by atoms with E-state index in [2.05, 4.69) is 55.3 Å². The van der Waals surface area contributed by atoms with Gasteiger partial charge in [0.05, 0.1) is 0 Å². The van der Waals surface area contributed by atoms with Gasteiger partial charge in [-0.05, 0) is 121 Å². The van der Waals surface area contributed by atoms with E-state index in [0.717, 1.165) is 102 Å². The van der Waals surface area contributed by atoms with Crippen LogP contribution >= 0.6 is 22.7 Å². The summed E-state index contributed by atoms with van der Waals surface area (Å²) in [7, 11) is 3.77. The lowest BCUT2D eigenvalue weighted by Gasteiger charge is -2.33. The van der Waals surface area contributed by atoms with Gasteiger partial charge in [0.2, 0.25) is 10.3 Å². The molecule has 1 saturated carbocycles. The zero-order chi connectivity index (χ0) is 50.3. The van der Waals surface area contributed by atoms with E-state index in [0.29, 0.717) is 36.5 Å². The highest BCUT2D eigenvalue weighted by atomic mass is 32.1. The highest BCUT2D eigenvalue weighted by Crippen LogP contribution is 2.43. The van der Waals surface area contributed by atoms with Gasteiger partial charge >= 0.3 is 12.2 Å². The van der Waals surface area contributed by atoms with Gasteiger partial charge in [-0.2, -0.15) is 0 Å². The molecule has 1 aliphatic carbocycles. The maximum Gasteiger partial charge on any atom is 0.410 e. The van der Waals surface area contributed by atoms with Crippen molar-refractivity contribution in [3.63, 3.8) is 0 Å². The van der Waals surface area contributed by atoms with Crippen molar-refractivity contribution in [3.8, 4) is 0 Å². The maximum absolute atomic E-state index is 12.1. The number of anilines is 2. The average molecular weight is 977 g/mol. The molecule has 4 aromatic rings. The Labute approximate surface area is 414 Å². The van der Waals surface area contributed by atoms with Crippen LogP contribution in [-0.4, -0.2) is 106 Å². The smallest absolute Gasteiger partial charge is 0.410 e. The van der Waals surface area contributed by atoms with Gasteiger partial charge < -0.3 is 39.5 Å². The minimum atomic E-state index is -0.447. The molecule has 14 nitrogen and oxygen atoms in total. The first-order valence-electron chi connectivity index (χ1n) is 24.6. The first kappa shape index (κ1) is 57.4. The number of aldehydes is 2. The zero-order valence-corrected chi connectivity index (χ0v) is 44.6. The summed E-state index contributed by atoms with van der Waals surface area (Å²) in [5, 5.41) is 27.1. The van der Waals surface area contributed by atoms with Gasteiger partial charge in [-0.1, -0.05) is 105 Å². The highest BCUT2D eigenvalue weighted by molar-refractivity contribution is 7.15. The van der Waals surface area contributed by atoms with Crippen LogP contribution in [0.15, 0.2) is 48.5 Å². The predicted octanol–water partition coefficient (Wildman–Crippen LogP) is 12.1. The van der Waals surface area contributed by atoms with E-state index >= 15 is 0 Å². The van der Waals surface area contributed by atoms with Crippen molar-refractivity contribution in [1.29, 1.82) is 0 Å². The minimum absolute atomic E-state index is 0.222. The van der Waals surface area contributed by atoms with Crippen molar-refractivity contribution >= 4 is 57.7 Å². The number of carbonyl (C=O) groups is 4. The Hall–Kier alpha value is -4.96. The van der Waals surface area contributed by atoms with Gasteiger partial charge in [-0.3, -0.25) is 0 Å². The van der Waals surface area contributed by atoms with Gasteiger partial charge in [0.15, 0.2) is 0 Å². The van der Waals surface area contributed by atoms with Crippen molar-refractivity contribution in [2.45, 2.75) is 168 Å². The number of nitrogens with zero attached hydrogens (tertiary/aromatic N) is 6. The second-order valence-corrected chi connectivity index (χ2v) is 20.7. The fourth-order valence-corrected chi connectivity index (χ4v) is 9.91. The second kappa shape index (κ2) is 29.2. The molecule has 3 aliphatic rings. The maximum atomic E-state index is 12.1. The number of piperidine rings is 2. The SMILES string of the molecule is CC.CC.CC(C)(C)OC(=O)N1CCC(c2cccc(CC=O)c2)CC1.CC(C)(C)OC(=O)N1CCC(c2cccc(CC=O)c2)CC1.CNc1nnc(C2CCC[C@H](c3nnc(NC)s3)C2)s1. The standard InChI is InChI=1S/2C18H25NO3.C12H18N6S2.2C2H6/c2*1-18(2,3)22-17(21)19-10-7-15(8-11-19)16-6-4-5-14(13-16)9-12-20;1-13-11-17-15-9(19-11)7-4-3-5-8(6-7)10-16-18-12(14-2)20-10;2*1-2/h2*4-6,12-13,15H,7-11H2,1-3H3;7-8H,3-6H2,1-2H3,(H,13,17)(H,14,18);2*1-2H3/t;;7-,8?;;/m..0../s1. The third kappa shape index (κ3) is 19.2. The van der Waals surface area contributed by atoms with E-state index < -0.39 is 11.2 Å². The van der Waals surface area contributed by atoms with Crippen molar-refractivity contribution in [2.75, 3.05) is 50.9 Å². The van der Waals surface area contributed by atoms with Crippen LogP contribution in [0.4, 0.5) is 19.9 Å². The highest BCUT2D eigenvalue weighted by Gasteiger charge is 2.31. The molecule has 4 heterocycles. The molecule has 2 saturated heterocycles. The predicted molar refractivity (Wildman–Crippen MR) is 278 cm³/mol. The van der Waals surface area contributed by atoms with Gasteiger partial charge in [-0.25, -0.2) is 9.59 Å². The number of hydrogen-bond acceptors (Lipinski definition) is 14. The molecule has 7 rings (SSSR count). The lowest BCUT2D eigenvalue weighted by molar-refractivity contribution is -0.108. The summed E-state index contributed by atoms with van der Waals surface area (Å²) in [6.07, 6.45) is 10.8. The molecule has 0 spiro atoms. The zero-order valence-electron chi connectivity index (χ0n) is 42.9. The number of likely N-dealkylation sites (tertiary alicyclic amines) is 2. The normalized spacial score (nSPS) is 17.5. The van der Waals surface area contributed by atoms with Crippen molar-refractivity contribution < 1.29 is 28.7 Å². The number of aromatic nitrogens is 4.